The van der Waals surface area contributed by atoms with Crippen LogP contribution in [0, 0.1) is 13.8 Å². The van der Waals surface area contributed by atoms with E-state index in [1.165, 1.54) is 0 Å². The number of hydrogen-bond donors (Lipinski definition) is 6. The Morgan fingerprint density at radius 2 is 1.81 bits per heavy atom. The van der Waals surface area contributed by atoms with Gasteiger partial charge in [0.2, 0.25) is 0 Å². The third-order valence-electron chi connectivity index (χ3n) is 6.89. The van der Waals surface area contributed by atoms with E-state index in [2.05, 4.69) is 10.3 Å². The predicted molar refractivity (Wildman–Crippen MR) is 159 cm³/mol. The van der Waals surface area contributed by atoms with Gasteiger partial charge in [0, 0.05) is 17.8 Å². The van der Waals surface area contributed by atoms with E-state index in [1.807, 2.05) is 39.0 Å². The number of aromatic nitrogens is 1. The number of benzene rings is 2. The first-order valence-corrected chi connectivity index (χ1v) is 13.8. The maximum Gasteiger partial charge on any atom is 0.335 e. The second kappa shape index (κ2) is 13.6. The van der Waals surface area contributed by atoms with Gasteiger partial charge in [0.25, 0.3) is 5.56 Å². The van der Waals surface area contributed by atoms with Crippen LogP contribution in [0.3, 0.4) is 0 Å². The number of aromatic amines is 1. The fraction of sp³-hybridized carbons (Fsp3) is 0.414. The molecule has 5 unspecified atom stereocenters. The number of hydrogen-bond acceptors (Lipinski definition) is 9. The molecular formula is C29H35N3O9S. The van der Waals surface area contributed by atoms with Crippen LogP contribution in [0.4, 0.5) is 5.69 Å². The van der Waals surface area contributed by atoms with Gasteiger partial charge in [0.05, 0.1) is 25.3 Å². The van der Waals surface area contributed by atoms with Crippen molar-refractivity contribution < 1.29 is 39.4 Å². The smallest absolute Gasteiger partial charge is 0.335 e. The molecule has 1 aromatic heterocycles. The summed E-state index contributed by atoms with van der Waals surface area (Å²) in [5, 5.41) is 43.9. The number of aliphatic carboxylic acids is 1. The number of carbonyl (C=O) groups is 1. The summed E-state index contributed by atoms with van der Waals surface area (Å²) in [6, 6.07) is 13.0. The molecule has 42 heavy (non-hydrogen) atoms. The molecular weight excluding hydrogens is 566 g/mol. The quantitative estimate of drug-likeness (QED) is 0.186. The zero-order valence-corrected chi connectivity index (χ0v) is 24.3. The summed E-state index contributed by atoms with van der Waals surface area (Å²) < 4.78 is 16.3. The lowest BCUT2D eigenvalue weighted by Crippen LogP contribution is -2.60. The first kappa shape index (κ1) is 31.3. The minimum atomic E-state index is -1.83. The number of thiocarbonyl (C=S) groups is 1. The molecule has 0 amide bonds. The Kier molecular flexibility index (Phi) is 10.1. The van der Waals surface area contributed by atoms with Crippen LogP contribution in [-0.4, -0.2) is 91.9 Å². The number of carboxylic acids is 1. The molecule has 13 heteroatoms. The molecule has 0 radical (unpaired) electrons. The van der Waals surface area contributed by atoms with E-state index in [0.29, 0.717) is 23.6 Å². The highest BCUT2D eigenvalue weighted by Gasteiger charge is 2.47. The molecule has 1 fully saturated rings. The van der Waals surface area contributed by atoms with E-state index in [9.17, 15) is 30.0 Å². The van der Waals surface area contributed by atoms with Crippen LogP contribution < -0.4 is 15.6 Å². The Balaban J connectivity index is 1.54. The summed E-state index contributed by atoms with van der Waals surface area (Å²) in [4.78, 5) is 29.1. The molecule has 0 bridgehead atoms. The number of aliphatic hydroxyl groups excluding tert-OH is 3. The van der Waals surface area contributed by atoms with E-state index in [4.69, 9.17) is 26.4 Å². The van der Waals surface area contributed by atoms with Gasteiger partial charge in [-0.25, -0.2) is 4.79 Å². The Morgan fingerprint density at radius 1 is 1.10 bits per heavy atom. The number of aryl methyl sites for hydroxylation is 2. The molecule has 0 spiro atoms. The van der Waals surface area contributed by atoms with E-state index in [-0.39, 0.29) is 30.4 Å². The molecule has 4 rings (SSSR count). The predicted octanol–water partition coefficient (Wildman–Crippen LogP) is 1.65. The van der Waals surface area contributed by atoms with E-state index < -0.39 is 36.7 Å². The van der Waals surface area contributed by atoms with Crippen molar-refractivity contribution in [1.29, 1.82) is 0 Å². The van der Waals surface area contributed by atoms with Gasteiger partial charge in [0.1, 0.15) is 24.1 Å². The number of ether oxygens (including phenoxy) is 3. The van der Waals surface area contributed by atoms with Crippen LogP contribution in [0.1, 0.15) is 23.6 Å². The highest BCUT2D eigenvalue weighted by molar-refractivity contribution is 7.80. The highest BCUT2D eigenvalue weighted by atomic mass is 32.1. The molecule has 6 N–H and O–H groups in total. The average Bonchev–Trinajstić information content (AvgIpc) is 2.94. The van der Waals surface area contributed by atoms with E-state index >= 15 is 0 Å². The third-order valence-corrected chi connectivity index (χ3v) is 7.25. The molecule has 0 aliphatic carbocycles. The zero-order valence-electron chi connectivity index (χ0n) is 23.4. The van der Waals surface area contributed by atoms with Crippen molar-refractivity contribution in [3.63, 3.8) is 0 Å². The van der Waals surface area contributed by atoms with Crippen molar-refractivity contribution >= 4 is 39.9 Å². The monoisotopic (exact) mass is 601 g/mol. The highest BCUT2D eigenvalue weighted by Crippen LogP contribution is 2.23. The van der Waals surface area contributed by atoms with Crippen molar-refractivity contribution in [2.75, 3.05) is 25.1 Å². The Hall–Kier alpha value is -3.59. The standard InChI is InChI=1S/C29H35N3O9S/c1-4-39-20-7-5-19(6-8-20)30-29(42)32(9-10-40-28-24(35)22(33)23(34)25(41-28)27(37)38)14-18-13-17-12-15(2)11-16(3)21(17)31-26(18)36/h5-8,11-13,22-25,28,33-35H,4,9-10,14H2,1-3H3,(H,30,42)(H,31,36)(H,37,38). The number of anilines is 1. The fourth-order valence-electron chi connectivity index (χ4n) is 4.78. The van der Waals surface area contributed by atoms with Gasteiger partial charge >= 0.3 is 5.97 Å². The number of fused-ring (bicyclic) bond motifs is 1. The first-order chi connectivity index (χ1) is 20.0. The number of H-pyrrole nitrogens is 1. The number of nitrogens with zero attached hydrogens (tertiary/aromatic N) is 1. The second-order valence-electron chi connectivity index (χ2n) is 10.1. The first-order valence-electron chi connectivity index (χ1n) is 13.4. The normalized spacial score (nSPS) is 22.1. The van der Waals surface area contributed by atoms with Crippen molar-refractivity contribution in [2.45, 2.75) is 58.0 Å². The van der Waals surface area contributed by atoms with E-state index in [0.717, 1.165) is 22.0 Å². The molecule has 2 aromatic carbocycles. The molecule has 12 nitrogen and oxygen atoms in total. The number of carboxylic acid groups (broad SMARTS) is 1. The maximum absolute atomic E-state index is 13.1. The summed E-state index contributed by atoms with van der Waals surface area (Å²) in [6.45, 7) is 6.38. The third kappa shape index (κ3) is 7.24. The summed E-state index contributed by atoms with van der Waals surface area (Å²) in [5.74, 6) is -0.809. The minimum absolute atomic E-state index is 0.0934. The molecule has 0 saturated carbocycles. The second-order valence-corrected chi connectivity index (χ2v) is 10.5. The molecule has 5 atom stereocenters. The van der Waals surface area contributed by atoms with Gasteiger partial charge in [-0.3, -0.25) is 4.79 Å². The van der Waals surface area contributed by atoms with Crippen LogP contribution in [0.25, 0.3) is 10.9 Å². The van der Waals surface area contributed by atoms with E-state index in [1.54, 1.807) is 29.2 Å². The summed E-state index contributed by atoms with van der Waals surface area (Å²) in [7, 11) is 0. The molecule has 1 saturated heterocycles. The fourth-order valence-corrected chi connectivity index (χ4v) is 5.05. The SMILES string of the molecule is CCOc1ccc(NC(=S)N(CCOC2OC(C(=O)O)C(O)C(O)C2O)Cc2cc3cc(C)cc(C)c3[nH]c2=O)cc1. The lowest BCUT2D eigenvalue weighted by molar-refractivity contribution is -0.294. The van der Waals surface area contributed by atoms with Crippen molar-refractivity contribution in [3.05, 3.63) is 69.5 Å². The zero-order chi connectivity index (χ0) is 30.6. The number of rotatable bonds is 10. The molecule has 1 aliphatic heterocycles. The van der Waals surface area contributed by atoms with Gasteiger partial charge in [0.15, 0.2) is 17.5 Å². The molecule has 1 aliphatic rings. The van der Waals surface area contributed by atoms with Gasteiger partial charge < -0.3 is 49.8 Å². The minimum Gasteiger partial charge on any atom is -0.494 e. The van der Waals surface area contributed by atoms with Crippen LogP contribution in [0.2, 0.25) is 0 Å². The van der Waals surface area contributed by atoms with Gasteiger partial charge in [-0.2, -0.15) is 0 Å². The van der Waals surface area contributed by atoms with Crippen molar-refractivity contribution in [1.82, 2.24) is 9.88 Å². The molecule has 226 valence electrons. The van der Waals surface area contributed by atoms with Crippen LogP contribution in [0.15, 0.2) is 47.3 Å². The molecule has 3 aromatic rings. The largest absolute Gasteiger partial charge is 0.494 e. The van der Waals surface area contributed by atoms with Crippen molar-refractivity contribution in [2.24, 2.45) is 0 Å². The molecule has 2 heterocycles. The summed E-state index contributed by atoms with van der Waals surface area (Å²) in [6.07, 6.45) is -8.60. The number of aliphatic hydroxyl groups is 3. The van der Waals surface area contributed by atoms with Crippen LogP contribution in [-0.2, 0) is 20.8 Å². The topological polar surface area (TPSA) is 174 Å². The van der Waals surface area contributed by atoms with Gasteiger partial charge in [-0.1, -0.05) is 11.6 Å². The van der Waals surface area contributed by atoms with Gasteiger partial charge in [-0.05, 0) is 80.3 Å². The summed E-state index contributed by atoms with van der Waals surface area (Å²) >= 11 is 5.69. The average molecular weight is 602 g/mol. The number of nitrogens with one attached hydrogen (secondary N) is 2. The summed E-state index contributed by atoms with van der Waals surface area (Å²) in [5.41, 5.74) is 3.59. The van der Waals surface area contributed by atoms with Gasteiger partial charge in [-0.15, -0.1) is 0 Å². The maximum atomic E-state index is 13.1. The Labute approximate surface area is 247 Å². The Bertz CT molecular complexity index is 1480. The van der Waals surface area contributed by atoms with Crippen molar-refractivity contribution in [3.8, 4) is 5.75 Å². The van der Waals surface area contributed by atoms with Crippen LogP contribution in [0.5, 0.6) is 5.75 Å². The number of pyridine rings is 1. The van der Waals surface area contributed by atoms with Crippen LogP contribution >= 0.6 is 12.2 Å². The lowest BCUT2D eigenvalue weighted by Gasteiger charge is -2.38. The lowest BCUT2D eigenvalue weighted by atomic mass is 9.99. The Morgan fingerprint density at radius 3 is 2.48 bits per heavy atom.